The van der Waals surface area contributed by atoms with Crippen molar-refractivity contribution in [3.05, 3.63) is 53.6 Å². The maximum absolute atomic E-state index is 12.3. The van der Waals surface area contributed by atoms with Gasteiger partial charge in [-0.25, -0.2) is 0 Å². The molecule has 0 saturated carbocycles. The summed E-state index contributed by atoms with van der Waals surface area (Å²) in [6.07, 6.45) is 0. The standard InChI is InChI=1S/C20H25N3O2/c1-15-7-8-17(13-16(15)2)21-20(25)14-22-9-11-23(12-10-22)18-5-3-4-6-19(18)24/h3-8,13,24H,9-12,14H2,1-2H3,(H,21,25). The Morgan fingerprint density at radius 1 is 1.04 bits per heavy atom. The molecule has 2 aromatic carbocycles. The summed E-state index contributed by atoms with van der Waals surface area (Å²) in [5, 5.41) is 12.9. The van der Waals surface area contributed by atoms with Crippen molar-refractivity contribution < 1.29 is 9.90 Å². The molecule has 1 aliphatic rings. The molecule has 0 spiro atoms. The predicted octanol–water partition coefficient (Wildman–Crippen LogP) is 2.77. The fourth-order valence-electron chi connectivity index (χ4n) is 3.10. The highest BCUT2D eigenvalue weighted by molar-refractivity contribution is 5.92. The summed E-state index contributed by atoms with van der Waals surface area (Å²) in [6.45, 7) is 7.70. The lowest BCUT2D eigenvalue weighted by atomic mass is 10.1. The van der Waals surface area contributed by atoms with Crippen LogP contribution in [0, 0.1) is 13.8 Å². The van der Waals surface area contributed by atoms with Crippen molar-refractivity contribution in [2.45, 2.75) is 13.8 Å². The highest BCUT2D eigenvalue weighted by Crippen LogP contribution is 2.27. The van der Waals surface area contributed by atoms with Gasteiger partial charge in [-0.15, -0.1) is 0 Å². The zero-order valence-corrected chi connectivity index (χ0v) is 14.8. The van der Waals surface area contributed by atoms with E-state index in [0.717, 1.165) is 37.6 Å². The van der Waals surface area contributed by atoms with Gasteiger partial charge in [0.25, 0.3) is 0 Å². The number of hydrogen-bond donors (Lipinski definition) is 2. The van der Waals surface area contributed by atoms with Gasteiger partial charge < -0.3 is 15.3 Å². The van der Waals surface area contributed by atoms with Crippen molar-refractivity contribution >= 4 is 17.3 Å². The highest BCUT2D eigenvalue weighted by atomic mass is 16.3. The van der Waals surface area contributed by atoms with Crippen LogP contribution in [-0.4, -0.2) is 48.6 Å². The number of benzene rings is 2. The Hall–Kier alpha value is -2.53. The third kappa shape index (κ3) is 4.31. The molecule has 25 heavy (non-hydrogen) atoms. The van der Waals surface area contributed by atoms with Gasteiger partial charge in [0.15, 0.2) is 0 Å². The average Bonchev–Trinajstić information content (AvgIpc) is 2.59. The summed E-state index contributed by atoms with van der Waals surface area (Å²) >= 11 is 0. The molecule has 1 saturated heterocycles. The quantitative estimate of drug-likeness (QED) is 0.899. The van der Waals surface area contributed by atoms with Crippen molar-refractivity contribution in [2.24, 2.45) is 0 Å². The summed E-state index contributed by atoms with van der Waals surface area (Å²) in [5.41, 5.74) is 4.11. The second kappa shape index (κ2) is 7.57. The SMILES string of the molecule is Cc1ccc(NC(=O)CN2CCN(c3ccccc3O)CC2)cc1C. The number of aromatic hydroxyl groups is 1. The number of carbonyl (C=O) groups excluding carboxylic acids is 1. The van der Waals surface area contributed by atoms with Gasteiger partial charge in [-0.1, -0.05) is 18.2 Å². The van der Waals surface area contributed by atoms with Crippen LogP contribution < -0.4 is 10.2 Å². The first-order valence-corrected chi connectivity index (χ1v) is 8.65. The molecule has 1 amide bonds. The summed E-state index contributed by atoms with van der Waals surface area (Å²) in [6, 6.07) is 13.4. The van der Waals surface area contributed by atoms with Gasteiger partial charge >= 0.3 is 0 Å². The second-order valence-corrected chi connectivity index (χ2v) is 6.60. The van der Waals surface area contributed by atoms with Crippen molar-refractivity contribution in [2.75, 3.05) is 42.9 Å². The Morgan fingerprint density at radius 3 is 2.44 bits per heavy atom. The third-order valence-corrected chi connectivity index (χ3v) is 4.75. The van der Waals surface area contributed by atoms with E-state index in [0.29, 0.717) is 12.3 Å². The first kappa shape index (κ1) is 17.3. The fourth-order valence-corrected chi connectivity index (χ4v) is 3.10. The number of hydrogen-bond acceptors (Lipinski definition) is 4. The van der Waals surface area contributed by atoms with E-state index in [-0.39, 0.29) is 5.91 Å². The molecule has 5 heteroatoms. The average molecular weight is 339 g/mol. The number of piperazine rings is 1. The van der Waals surface area contributed by atoms with Gasteiger partial charge in [-0.05, 0) is 49.2 Å². The van der Waals surface area contributed by atoms with E-state index in [2.05, 4.69) is 22.0 Å². The molecule has 0 radical (unpaired) electrons. The number of nitrogens with zero attached hydrogens (tertiary/aromatic N) is 2. The Labute approximate surface area is 148 Å². The lowest BCUT2D eigenvalue weighted by Gasteiger charge is -2.35. The van der Waals surface area contributed by atoms with Crippen molar-refractivity contribution in [1.82, 2.24) is 4.90 Å². The van der Waals surface area contributed by atoms with Crippen LogP contribution >= 0.6 is 0 Å². The number of para-hydroxylation sites is 2. The monoisotopic (exact) mass is 339 g/mol. The Balaban J connectivity index is 1.51. The first-order valence-electron chi connectivity index (χ1n) is 8.65. The second-order valence-electron chi connectivity index (χ2n) is 6.60. The van der Waals surface area contributed by atoms with Crippen LogP contribution in [0.1, 0.15) is 11.1 Å². The molecule has 1 heterocycles. The molecule has 0 aliphatic carbocycles. The molecule has 1 fully saturated rings. The first-order chi connectivity index (χ1) is 12.0. The van der Waals surface area contributed by atoms with Gasteiger partial charge in [0.05, 0.1) is 12.2 Å². The fraction of sp³-hybridized carbons (Fsp3) is 0.350. The van der Waals surface area contributed by atoms with E-state index < -0.39 is 0 Å². The van der Waals surface area contributed by atoms with E-state index in [9.17, 15) is 9.90 Å². The van der Waals surface area contributed by atoms with Gasteiger partial charge in [-0.2, -0.15) is 0 Å². The summed E-state index contributed by atoms with van der Waals surface area (Å²) in [5.74, 6) is 0.322. The molecule has 1 aliphatic heterocycles. The van der Waals surface area contributed by atoms with Crippen LogP contribution in [0.5, 0.6) is 5.75 Å². The van der Waals surface area contributed by atoms with E-state index in [1.54, 1.807) is 6.07 Å². The lowest BCUT2D eigenvalue weighted by Crippen LogP contribution is -2.48. The number of phenolic OH excluding ortho intramolecular Hbond substituents is 1. The number of anilines is 2. The van der Waals surface area contributed by atoms with Gasteiger partial charge in [-0.3, -0.25) is 9.69 Å². The number of amides is 1. The molecule has 3 rings (SSSR count). The Morgan fingerprint density at radius 2 is 1.76 bits per heavy atom. The van der Waals surface area contributed by atoms with E-state index >= 15 is 0 Å². The minimum Gasteiger partial charge on any atom is -0.506 e. The topological polar surface area (TPSA) is 55.8 Å². The van der Waals surface area contributed by atoms with Crippen molar-refractivity contribution in [3.8, 4) is 5.75 Å². The van der Waals surface area contributed by atoms with Crippen LogP contribution in [-0.2, 0) is 4.79 Å². The number of rotatable bonds is 4. The third-order valence-electron chi connectivity index (χ3n) is 4.75. The smallest absolute Gasteiger partial charge is 0.238 e. The molecular formula is C20H25N3O2. The zero-order valence-electron chi connectivity index (χ0n) is 14.8. The zero-order chi connectivity index (χ0) is 17.8. The maximum atomic E-state index is 12.3. The minimum absolute atomic E-state index is 0.0132. The molecule has 132 valence electrons. The number of nitrogens with one attached hydrogen (secondary N) is 1. The van der Waals surface area contributed by atoms with Crippen LogP contribution in [0.3, 0.4) is 0 Å². The van der Waals surface area contributed by atoms with Crippen LogP contribution in [0.4, 0.5) is 11.4 Å². The molecule has 2 aromatic rings. The predicted molar refractivity (Wildman–Crippen MR) is 101 cm³/mol. The molecular weight excluding hydrogens is 314 g/mol. The molecule has 0 bridgehead atoms. The number of phenols is 1. The summed E-state index contributed by atoms with van der Waals surface area (Å²) in [7, 11) is 0. The van der Waals surface area contributed by atoms with E-state index in [1.807, 2.05) is 43.3 Å². The van der Waals surface area contributed by atoms with Crippen molar-refractivity contribution in [3.63, 3.8) is 0 Å². The largest absolute Gasteiger partial charge is 0.506 e. The minimum atomic E-state index is 0.0132. The molecule has 0 unspecified atom stereocenters. The number of aryl methyl sites for hydroxylation is 2. The van der Waals surface area contributed by atoms with Crippen LogP contribution in [0.2, 0.25) is 0 Å². The molecule has 0 aromatic heterocycles. The van der Waals surface area contributed by atoms with Crippen LogP contribution in [0.25, 0.3) is 0 Å². The Bertz CT molecular complexity index is 752. The van der Waals surface area contributed by atoms with E-state index in [4.69, 9.17) is 0 Å². The molecule has 0 atom stereocenters. The lowest BCUT2D eigenvalue weighted by molar-refractivity contribution is -0.117. The normalized spacial score (nSPS) is 15.2. The molecule has 2 N–H and O–H groups in total. The van der Waals surface area contributed by atoms with Gasteiger partial charge in [0.1, 0.15) is 5.75 Å². The van der Waals surface area contributed by atoms with Gasteiger partial charge in [0, 0.05) is 31.9 Å². The van der Waals surface area contributed by atoms with E-state index in [1.165, 1.54) is 11.1 Å². The van der Waals surface area contributed by atoms with Crippen LogP contribution in [0.15, 0.2) is 42.5 Å². The summed E-state index contributed by atoms with van der Waals surface area (Å²) in [4.78, 5) is 16.6. The highest BCUT2D eigenvalue weighted by Gasteiger charge is 2.20. The molecule has 5 nitrogen and oxygen atoms in total. The number of carbonyl (C=O) groups is 1. The van der Waals surface area contributed by atoms with Gasteiger partial charge in [0.2, 0.25) is 5.91 Å². The van der Waals surface area contributed by atoms with Crippen molar-refractivity contribution in [1.29, 1.82) is 0 Å². The summed E-state index contributed by atoms with van der Waals surface area (Å²) < 4.78 is 0. The Kier molecular flexibility index (Phi) is 5.24. The maximum Gasteiger partial charge on any atom is 0.238 e.